The van der Waals surface area contributed by atoms with E-state index in [0.29, 0.717) is 31.2 Å². The molecular formula is C19H27NO5S. The van der Waals surface area contributed by atoms with Gasteiger partial charge in [0, 0.05) is 5.56 Å². The summed E-state index contributed by atoms with van der Waals surface area (Å²) >= 11 is 0. The number of hydrogen-bond donors (Lipinski definition) is 2. The predicted molar refractivity (Wildman–Crippen MR) is 98.9 cm³/mol. The van der Waals surface area contributed by atoms with Crippen LogP contribution in [0.2, 0.25) is 0 Å². The monoisotopic (exact) mass is 381 g/mol. The number of aliphatic carboxylic acids is 1. The Balaban J connectivity index is 2.16. The van der Waals surface area contributed by atoms with E-state index in [1.54, 1.807) is 0 Å². The van der Waals surface area contributed by atoms with Gasteiger partial charge >= 0.3 is 5.97 Å². The number of amides is 1. The van der Waals surface area contributed by atoms with Crippen LogP contribution in [0.15, 0.2) is 29.2 Å². The Hall–Kier alpha value is -1.89. The van der Waals surface area contributed by atoms with Crippen LogP contribution in [0.1, 0.15) is 69.2 Å². The lowest BCUT2D eigenvalue weighted by atomic mass is 9.88. The summed E-state index contributed by atoms with van der Waals surface area (Å²) in [5.41, 5.74) is -0.482. The molecule has 0 radical (unpaired) electrons. The first-order chi connectivity index (χ1) is 12.2. The highest BCUT2D eigenvalue weighted by Crippen LogP contribution is 2.29. The number of carboxylic acids is 1. The Kier molecular flexibility index (Phi) is 6.44. The third-order valence-corrected chi connectivity index (χ3v) is 7.69. The average Bonchev–Trinajstić information content (AvgIpc) is 3.16. The predicted octanol–water partition coefficient (Wildman–Crippen LogP) is 3.17. The number of sulfone groups is 1. The quantitative estimate of drug-likeness (QED) is 0.720. The van der Waals surface area contributed by atoms with Crippen LogP contribution in [0.25, 0.3) is 0 Å². The lowest BCUT2D eigenvalue weighted by Gasteiger charge is -2.31. The van der Waals surface area contributed by atoms with Gasteiger partial charge in [-0.2, -0.15) is 0 Å². The van der Waals surface area contributed by atoms with Gasteiger partial charge in [-0.05, 0) is 49.9 Å². The molecule has 144 valence electrons. The molecule has 26 heavy (non-hydrogen) atoms. The van der Waals surface area contributed by atoms with Crippen molar-refractivity contribution in [1.82, 2.24) is 5.32 Å². The first kappa shape index (κ1) is 20.4. The van der Waals surface area contributed by atoms with Crippen molar-refractivity contribution in [2.75, 3.05) is 0 Å². The SMILES string of the molecule is CCC(CC)(CC(=O)O)NC(=O)c1ccc(S(=O)(=O)C2CCCC2)cc1. The molecule has 1 aromatic carbocycles. The Morgan fingerprint density at radius 3 is 2.12 bits per heavy atom. The average molecular weight is 381 g/mol. The second kappa shape index (κ2) is 8.20. The summed E-state index contributed by atoms with van der Waals surface area (Å²) in [4.78, 5) is 23.9. The molecule has 1 fully saturated rings. The lowest BCUT2D eigenvalue weighted by molar-refractivity contribution is -0.138. The zero-order valence-corrected chi connectivity index (χ0v) is 16.1. The van der Waals surface area contributed by atoms with Crippen molar-refractivity contribution in [3.8, 4) is 0 Å². The molecule has 1 aliphatic carbocycles. The van der Waals surface area contributed by atoms with Gasteiger partial charge in [0.05, 0.1) is 22.1 Å². The zero-order valence-electron chi connectivity index (χ0n) is 15.3. The number of hydrogen-bond acceptors (Lipinski definition) is 4. The third kappa shape index (κ3) is 4.44. The number of rotatable bonds is 8. The van der Waals surface area contributed by atoms with Crippen LogP contribution in [0, 0.1) is 0 Å². The molecule has 1 aromatic rings. The third-order valence-electron chi connectivity index (χ3n) is 5.41. The first-order valence-corrected chi connectivity index (χ1v) is 10.7. The van der Waals surface area contributed by atoms with Crippen LogP contribution >= 0.6 is 0 Å². The summed E-state index contributed by atoms with van der Waals surface area (Å²) in [6.07, 6.45) is 4.09. The fourth-order valence-electron chi connectivity index (χ4n) is 3.51. The Morgan fingerprint density at radius 1 is 1.12 bits per heavy atom. The van der Waals surface area contributed by atoms with Gasteiger partial charge in [-0.15, -0.1) is 0 Å². The normalized spacial score (nSPS) is 15.8. The van der Waals surface area contributed by atoms with Crippen molar-refractivity contribution in [2.45, 2.75) is 74.5 Å². The maximum Gasteiger partial charge on any atom is 0.305 e. The van der Waals surface area contributed by atoms with E-state index in [1.807, 2.05) is 13.8 Å². The van der Waals surface area contributed by atoms with Gasteiger partial charge in [-0.3, -0.25) is 9.59 Å². The topological polar surface area (TPSA) is 101 Å². The molecule has 0 aliphatic heterocycles. The molecule has 0 bridgehead atoms. The first-order valence-electron chi connectivity index (χ1n) is 9.12. The highest BCUT2D eigenvalue weighted by atomic mass is 32.2. The number of carbonyl (C=O) groups is 2. The molecular weight excluding hydrogens is 354 g/mol. The zero-order chi connectivity index (χ0) is 19.4. The minimum Gasteiger partial charge on any atom is -0.481 e. The lowest BCUT2D eigenvalue weighted by Crippen LogP contribution is -2.49. The van der Waals surface area contributed by atoms with Gasteiger partial charge in [0.25, 0.3) is 5.91 Å². The second-order valence-electron chi connectivity index (χ2n) is 6.99. The van der Waals surface area contributed by atoms with Crippen LogP contribution in [0.3, 0.4) is 0 Å². The minimum atomic E-state index is -3.35. The van der Waals surface area contributed by atoms with Crippen LogP contribution < -0.4 is 5.32 Å². The summed E-state index contributed by atoms with van der Waals surface area (Å²) in [5, 5.41) is 11.6. The number of carboxylic acid groups (broad SMARTS) is 1. The molecule has 1 aliphatic rings. The number of benzene rings is 1. The molecule has 0 unspecified atom stereocenters. The van der Waals surface area contributed by atoms with Crippen molar-refractivity contribution in [1.29, 1.82) is 0 Å². The van der Waals surface area contributed by atoms with E-state index < -0.39 is 21.3 Å². The van der Waals surface area contributed by atoms with Crippen molar-refractivity contribution < 1.29 is 23.1 Å². The molecule has 2 N–H and O–H groups in total. The van der Waals surface area contributed by atoms with E-state index in [-0.39, 0.29) is 22.5 Å². The summed E-state index contributed by atoms with van der Waals surface area (Å²) in [6, 6.07) is 5.93. The molecule has 0 spiro atoms. The van der Waals surface area contributed by atoms with Gasteiger partial charge in [0.1, 0.15) is 0 Å². The maximum atomic E-state index is 12.6. The number of nitrogens with one attached hydrogen (secondary N) is 1. The fourth-order valence-corrected chi connectivity index (χ4v) is 5.36. The maximum absolute atomic E-state index is 12.6. The molecule has 6 nitrogen and oxygen atoms in total. The van der Waals surface area contributed by atoms with Gasteiger partial charge in [0.2, 0.25) is 0 Å². The fraction of sp³-hybridized carbons (Fsp3) is 0.579. The van der Waals surface area contributed by atoms with Crippen LogP contribution in [0.5, 0.6) is 0 Å². The Morgan fingerprint density at radius 2 is 1.65 bits per heavy atom. The molecule has 2 rings (SSSR count). The van der Waals surface area contributed by atoms with Crippen LogP contribution in [-0.4, -0.2) is 36.2 Å². The van der Waals surface area contributed by atoms with E-state index in [1.165, 1.54) is 24.3 Å². The minimum absolute atomic E-state index is 0.153. The molecule has 7 heteroatoms. The summed E-state index contributed by atoms with van der Waals surface area (Å²) in [5.74, 6) is -1.35. The molecule has 0 aromatic heterocycles. The Bertz CT molecular complexity index is 745. The summed E-state index contributed by atoms with van der Waals surface area (Å²) in [6.45, 7) is 3.67. The highest BCUT2D eigenvalue weighted by molar-refractivity contribution is 7.92. The van der Waals surface area contributed by atoms with Gasteiger partial charge in [0.15, 0.2) is 9.84 Å². The van der Waals surface area contributed by atoms with Crippen molar-refractivity contribution >= 4 is 21.7 Å². The van der Waals surface area contributed by atoms with E-state index in [4.69, 9.17) is 5.11 Å². The molecule has 1 amide bonds. The smallest absolute Gasteiger partial charge is 0.305 e. The number of carbonyl (C=O) groups excluding carboxylic acids is 1. The molecule has 0 saturated heterocycles. The van der Waals surface area contributed by atoms with Gasteiger partial charge in [-0.1, -0.05) is 26.7 Å². The van der Waals surface area contributed by atoms with E-state index in [0.717, 1.165) is 12.8 Å². The van der Waals surface area contributed by atoms with E-state index in [2.05, 4.69) is 5.32 Å². The molecule has 1 saturated carbocycles. The molecule has 0 atom stereocenters. The summed E-state index contributed by atoms with van der Waals surface area (Å²) < 4.78 is 25.2. The van der Waals surface area contributed by atoms with E-state index in [9.17, 15) is 18.0 Å². The van der Waals surface area contributed by atoms with Crippen molar-refractivity contribution in [3.63, 3.8) is 0 Å². The second-order valence-corrected chi connectivity index (χ2v) is 9.22. The van der Waals surface area contributed by atoms with Crippen molar-refractivity contribution in [3.05, 3.63) is 29.8 Å². The standard InChI is InChI=1S/C19H27NO5S/c1-3-19(4-2,13-17(21)22)20-18(23)14-9-11-16(12-10-14)26(24,25)15-7-5-6-8-15/h9-12,15H,3-8,13H2,1-2H3,(H,20,23)(H,21,22). The van der Waals surface area contributed by atoms with Crippen LogP contribution in [-0.2, 0) is 14.6 Å². The summed E-state index contributed by atoms with van der Waals surface area (Å²) in [7, 11) is -3.35. The highest BCUT2D eigenvalue weighted by Gasteiger charge is 2.32. The Labute approximate surface area is 154 Å². The van der Waals surface area contributed by atoms with Gasteiger partial charge < -0.3 is 10.4 Å². The van der Waals surface area contributed by atoms with Crippen molar-refractivity contribution in [2.24, 2.45) is 0 Å². The van der Waals surface area contributed by atoms with Gasteiger partial charge in [-0.25, -0.2) is 8.42 Å². The van der Waals surface area contributed by atoms with E-state index >= 15 is 0 Å². The van der Waals surface area contributed by atoms with Crippen LogP contribution in [0.4, 0.5) is 0 Å². The molecule has 0 heterocycles. The largest absolute Gasteiger partial charge is 0.481 e.